The first kappa shape index (κ1) is 13.4. The van der Waals surface area contributed by atoms with Crippen molar-refractivity contribution >= 4 is 34.6 Å². The third kappa shape index (κ3) is 3.39. The molecule has 5 nitrogen and oxygen atoms in total. The second kappa shape index (κ2) is 5.58. The number of hydrogen-bond donors (Lipinski definition) is 4. The Labute approximate surface area is 103 Å². The molecule has 0 radical (unpaired) electrons. The van der Waals surface area contributed by atoms with Crippen LogP contribution < -0.4 is 22.1 Å². The number of carbonyl (C=O) groups is 1. The van der Waals surface area contributed by atoms with Crippen LogP contribution >= 0.6 is 11.6 Å². The Kier molecular flexibility index (Phi) is 4.39. The number of benzene rings is 1. The Morgan fingerprint density at radius 2 is 2.06 bits per heavy atom. The summed E-state index contributed by atoms with van der Waals surface area (Å²) in [4.78, 5) is 10.6. The molecule has 0 fully saturated rings. The van der Waals surface area contributed by atoms with E-state index < -0.39 is 5.82 Å². The molecule has 1 aromatic rings. The van der Waals surface area contributed by atoms with E-state index in [4.69, 9.17) is 23.1 Å². The molecule has 94 valence electrons. The molecule has 0 aliphatic rings. The molecule has 1 amide bonds. The summed E-state index contributed by atoms with van der Waals surface area (Å²) in [5, 5.41) is 5.14. The average molecular weight is 261 g/mol. The first-order valence-corrected chi connectivity index (χ1v) is 5.32. The van der Waals surface area contributed by atoms with Gasteiger partial charge in [-0.3, -0.25) is 4.79 Å². The topological polar surface area (TPSA) is 93.2 Å². The fourth-order valence-corrected chi connectivity index (χ4v) is 1.42. The summed E-state index contributed by atoms with van der Waals surface area (Å²) < 4.78 is 13.7. The van der Waals surface area contributed by atoms with Crippen LogP contribution in [0.25, 0.3) is 0 Å². The summed E-state index contributed by atoms with van der Waals surface area (Å²) in [5.41, 5.74) is 11.4. The van der Waals surface area contributed by atoms with E-state index in [9.17, 15) is 9.18 Å². The highest BCUT2D eigenvalue weighted by Crippen LogP contribution is 2.33. The van der Waals surface area contributed by atoms with E-state index in [0.29, 0.717) is 13.1 Å². The third-order valence-electron chi connectivity index (χ3n) is 2.07. The Morgan fingerprint density at radius 1 is 1.41 bits per heavy atom. The van der Waals surface area contributed by atoms with Crippen LogP contribution in [0.5, 0.6) is 0 Å². The van der Waals surface area contributed by atoms with Crippen molar-refractivity contribution in [3.8, 4) is 0 Å². The fourth-order valence-electron chi connectivity index (χ4n) is 1.27. The molecule has 1 rings (SSSR count). The van der Waals surface area contributed by atoms with Crippen molar-refractivity contribution in [1.29, 1.82) is 0 Å². The van der Waals surface area contributed by atoms with Gasteiger partial charge in [0.15, 0.2) is 5.82 Å². The monoisotopic (exact) mass is 260 g/mol. The second-order valence-electron chi connectivity index (χ2n) is 3.47. The predicted octanol–water partition coefficient (Wildman–Crippen LogP) is 1.19. The minimum absolute atomic E-state index is 0.0917. The highest BCUT2D eigenvalue weighted by atomic mass is 35.5. The van der Waals surface area contributed by atoms with Gasteiger partial charge in [0.1, 0.15) is 5.02 Å². The van der Waals surface area contributed by atoms with Crippen LogP contribution in [0.3, 0.4) is 0 Å². The number of nitrogen functional groups attached to an aromatic ring is 2. The van der Waals surface area contributed by atoms with Crippen LogP contribution in [-0.2, 0) is 4.79 Å². The standard InChI is InChI=1S/C10H14ClFN4O/c1-5(17)15-2-3-16-10-7(14)4-6(13)8(11)9(10)12/h4,16H,2-3,13-14H2,1H3,(H,15,17). The van der Waals surface area contributed by atoms with Crippen molar-refractivity contribution in [3.05, 3.63) is 16.9 Å². The lowest BCUT2D eigenvalue weighted by atomic mass is 10.2. The molecule has 7 heteroatoms. The maximum atomic E-state index is 13.7. The van der Waals surface area contributed by atoms with Crippen LogP contribution in [0.2, 0.25) is 5.02 Å². The minimum atomic E-state index is -0.688. The fraction of sp³-hybridized carbons (Fsp3) is 0.300. The molecule has 0 aliphatic carbocycles. The Morgan fingerprint density at radius 3 is 2.65 bits per heavy atom. The van der Waals surface area contributed by atoms with Crippen molar-refractivity contribution < 1.29 is 9.18 Å². The molecule has 0 heterocycles. The molecule has 0 spiro atoms. The number of hydrogen-bond acceptors (Lipinski definition) is 4. The van der Waals surface area contributed by atoms with Gasteiger partial charge in [-0.25, -0.2) is 4.39 Å². The van der Waals surface area contributed by atoms with Crippen LogP contribution in [0.4, 0.5) is 21.5 Å². The summed E-state index contributed by atoms with van der Waals surface area (Å²) in [6, 6.07) is 1.38. The minimum Gasteiger partial charge on any atom is -0.397 e. The van der Waals surface area contributed by atoms with Crippen molar-refractivity contribution in [2.75, 3.05) is 29.9 Å². The smallest absolute Gasteiger partial charge is 0.216 e. The lowest BCUT2D eigenvalue weighted by molar-refractivity contribution is -0.118. The molecular formula is C10H14ClFN4O. The van der Waals surface area contributed by atoms with Gasteiger partial charge in [0.2, 0.25) is 5.91 Å². The number of anilines is 3. The van der Waals surface area contributed by atoms with E-state index in [1.807, 2.05) is 0 Å². The molecule has 0 bridgehead atoms. The lowest BCUT2D eigenvalue weighted by Gasteiger charge is -2.12. The summed E-state index contributed by atoms with van der Waals surface area (Å²) in [7, 11) is 0. The highest BCUT2D eigenvalue weighted by molar-refractivity contribution is 6.33. The van der Waals surface area contributed by atoms with E-state index in [2.05, 4.69) is 10.6 Å². The molecule has 0 saturated carbocycles. The van der Waals surface area contributed by atoms with Gasteiger partial charge in [-0.2, -0.15) is 0 Å². The van der Waals surface area contributed by atoms with Gasteiger partial charge in [-0.15, -0.1) is 0 Å². The summed E-state index contributed by atoms with van der Waals surface area (Å²) >= 11 is 5.65. The predicted molar refractivity (Wildman–Crippen MR) is 67.4 cm³/mol. The largest absolute Gasteiger partial charge is 0.397 e. The first-order valence-electron chi connectivity index (χ1n) is 4.94. The maximum absolute atomic E-state index is 13.7. The number of carbonyl (C=O) groups excluding carboxylic acids is 1. The molecule has 0 aliphatic heterocycles. The number of amides is 1. The van der Waals surface area contributed by atoms with Gasteiger partial charge in [0.25, 0.3) is 0 Å². The van der Waals surface area contributed by atoms with Crippen LogP contribution in [-0.4, -0.2) is 19.0 Å². The Hall–Kier alpha value is -1.69. The van der Waals surface area contributed by atoms with E-state index in [0.717, 1.165) is 0 Å². The van der Waals surface area contributed by atoms with Gasteiger partial charge >= 0.3 is 0 Å². The van der Waals surface area contributed by atoms with Crippen LogP contribution in [0, 0.1) is 5.82 Å². The molecule has 6 N–H and O–H groups in total. The second-order valence-corrected chi connectivity index (χ2v) is 3.85. The lowest BCUT2D eigenvalue weighted by Crippen LogP contribution is -2.26. The normalized spacial score (nSPS) is 10.1. The summed E-state index contributed by atoms with van der Waals surface area (Å²) in [6.45, 7) is 2.09. The number of halogens is 2. The van der Waals surface area contributed by atoms with Gasteiger partial charge in [0, 0.05) is 20.0 Å². The van der Waals surface area contributed by atoms with Crippen LogP contribution in [0.1, 0.15) is 6.92 Å². The zero-order chi connectivity index (χ0) is 13.0. The Bertz CT molecular complexity index is 439. The SMILES string of the molecule is CC(=O)NCCNc1c(N)cc(N)c(Cl)c1F. The molecule has 0 unspecified atom stereocenters. The number of rotatable bonds is 4. The molecule has 0 atom stereocenters. The van der Waals surface area contributed by atoms with E-state index in [-0.39, 0.29) is 28.0 Å². The molecule has 1 aromatic carbocycles. The first-order chi connectivity index (χ1) is 7.93. The van der Waals surface area contributed by atoms with Gasteiger partial charge in [-0.05, 0) is 6.07 Å². The van der Waals surface area contributed by atoms with Crippen LogP contribution in [0.15, 0.2) is 6.07 Å². The third-order valence-corrected chi connectivity index (χ3v) is 2.45. The van der Waals surface area contributed by atoms with E-state index in [1.54, 1.807) is 0 Å². The number of nitrogens with two attached hydrogens (primary N) is 2. The maximum Gasteiger partial charge on any atom is 0.216 e. The van der Waals surface area contributed by atoms with Gasteiger partial charge in [0.05, 0.1) is 17.1 Å². The molecule has 0 saturated heterocycles. The molecular weight excluding hydrogens is 247 g/mol. The van der Waals surface area contributed by atoms with Gasteiger partial charge < -0.3 is 22.1 Å². The molecule has 0 aromatic heterocycles. The van der Waals surface area contributed by atoms with Crippen molar-refractivity contribution in [1.82, 2.24) is 5.32 Å². The van der Waals surface area contributed by atoms with E-state index >= 15 is 0 Å². The van der Waals surface area contributed by atoms with Crippen molar-refractivity contribution in [2.24, 2.45) is 0 Å². The zero-order valence-electron chi connectivity index (χ0n) is 9.31. The van der Waals surface area contributed by atoms with Gasteiger partial charge in [-0.1, -0.05) is 11.6 Å². The van der Waals surface area contributed by atoms with Crippen molar-refractivity contribution in [3.63, 3.8) is 0 Å². The Balaban J connectivity index is 2.71. The number of nitrogens with one attached hydrogen (secondary N) is 2. The van der Waals surface area contributed by atoms with Crippen molar-refractivity contribution in [2.45, 2.75) is 6.92 Å². The summed E-state index contributed by atoms with van der Waals surface area (Å²) in [6.07, 6.45) is 0. The van der Waals surface area contributed by atoms with E-state index in [1.165, 1.54) is 13.0 Å². The average Bonchev–Trinajstić information content (AvgIpc) is 2.24. The summed E-state index contributed by atoms with van der Waals surface area (Å²) in [5.74, 6) is -0.845. The quantitative estimate of drug-likeness (QED) is 0.483. The highest BCUT2D eigenvalue weighted by Gasteiger charge is 2.13. The zero-order valence-corrected chi connectivity index (χ0v) is 10.1. The molecule has 17 heavy (non-hydrogen) atoms.